The number of nitrogens with zero attached hydrogens (tertiary/aromatic N) is 2. The number of carbonyl (C=O) groups excluding carboxylic acids is 1. The van der Waals surface area contributed by atoms with Crippen molar-refractivity contribution in [1.82, 2.24) is 0 Å². The minimum Gasteiger partial charge on any atom is -0.455 e. The molecular formula is C24H24ClN3O2S. The summed E-state index contributed by atoms with van der Waals surface area (Å²) in [7, 11) is 0. The molecule has 2 aliphatic rings. The van der Waals surface area contributed by atoms with Crippen LogP contribution in [-0.2, 0) is 4.79 Å². The zero-order valence-corrected chi connectivity index (χ0v) is 19.4. The summed E-state index contributed by atoms with van der Waals surface area (Å²) in [6.45, 7) is 5.85. The number of nitrogens with two attached hydrogens (primary N) is 1. The normalized spacial score (nSPS) is 19.0. The second-order valence-electron chi connectivity index (χ2n) is 7.78. The fourth-order valence-electron chi connectivity index (χ4n) is 4.37. The maximum absolute atomic E-state index is 13.2. The highest BCUT2D eigenvalue weighted by molar-refractivity contribution is 7.99. The zero-order chi connectivity index (χ0) is 22.3. The summed E-state index contributed by atoms with van der Waals surface area (Å²) in [4.78, 5) is 15.1. The molecule has 2 N–H and O–H groups in total. The van der Waals surface area contributed by atoms with Gasteiger partial charge in [0.1, 0.15) is 11.6 Å². The summed E-state index contributed by atoms with van der Waals surface area (Å²) < 4.78 is 5.92. The van der Waals surface area contributed by atoms with Crippen LogP contribution in [0.25, 0.3) is 0 Å². The van der Waals surface area contributed by atoms with Gasteiger partial charge in [-0.15, -0.1) is 0 Å². The third-order valence-electron chi connectivity index (χ3n) is 5.76. The monoisotopic (exact) mass is 453 g/mol. The quantitative estimate of drug-likeness (QED) is 0.574. The van der Waals surface area contributed by atoms with E-state index in [0.29, 0.717) is 34.8 Å². The third kappa shape index (κ3) is 3.66. The number of hydrogen-bond acceptors (Lipinski definition) is 6. The number of anilines is 1. The number of allylic oxidation sites excluding steroid dienone is 3. The first-order valence-electron chi connectivity index (χ1n) is 10.3. The summed E-state index contributed by atoms with van der Waals surface area (Å²) in [5, 5.41) is 11.5. The first kappa shape index (κ1) is 21.6. The van der Waals surface area contributed by atoms with Gasteiger partial charge in [-0.2, -0.15) is 5.26 Å². The van der Waals surface area contributed by atoms with Crippen molar-refractivity contribution in [3.05, 3.63) is 68.8 Å². The Labute approximate surface area is 191 Å². The summed E-state index contributed by atoms with van der Waals surface area (Å²) in [6, 6.07) is 9.91. The molecule has 2 aromatic rings. The highest BCUT2D eigenvalue weighted by Crippen LogP contribution is 2.49. The largest absolute Gasteiger partial charge is 0.455 e. The lowest BCUT2D eigenvalue weighted by atomic mass is 9.76. The molecule has 1 aromatic heterocycles. The number of nitriles is 1. The molecule has 31 heavy (non-hydrogen) atoms. The molecule has 1 aliphatic heterocycles. The SMILES string of the molecule is CCSc1oc(C)cc1C1C(C#N)=C(N)N(c2ccc(C)c(Cl)c2)C2=C1C(=O)CCC2. The average Bonchev–Trinajstić information content (AvgIpc) is 3.09. The number of ketones is 1. The predicted molar refractivity (Wildman–Crippen MR) is 124 cm³/mol. The minimum atomic E-state index is -0.517. The number of benzene rings is 1. The van der Waals surface area contributed by atoms with Gasteiger partial charge >= 0.3 is 0 Å². The van der Waals surface area contributed by atoms with Crippen LogP contribution in [0.15, 0.2) is 56.4 Å². The fourth-order valence-corrected chi connectivity index (χ4v) is 5.34. The van der Waals surface area contributed by atoms with E-state index < -0.39 is 5.92 Å². The first-order valence-corrected chi connectivity index (χ1v) is 11.7. The van der Waals surface area contributed by atoms with E-state index in [0.717, 1.165) is 45.5 Å². The van der Waals surface area contributed by atoms with Gasteiger partial charge in [-0.3, -0.25) is 9.69 Å². The van der Waals surface area contributed by atoms with E-state index in [9.17, 15) is 10.1 Å². The van der Waals surface area contributed by atoms with Crippen molar-refractivity contribution in [2.75, 3.05) is 10.7 Å². The minimum absolute atomic E-state index is 0.0565. The molecule has 0 bridgehead atoms. The second kappa shape index (κ2) is 8.49. The molecule has 0 saturated heterocycles. The lowest BCUT2D eigenvalue weighted by molar-refractivity contribution is -0.116. The second-order valence-corrected chi connectivity index (χ2v) is 9.43. The molecule has 2 heterocycles. The molecular weight excluding hydrogens is 430 g/mol. The number of rotatable bonds is 4. The molecule has 0 amide bonds. The summed E-state index contributed by atoms with van der Waals surface area (Å²) in [5.74, 6) is 1.45. The Kier molecular flexibility index (Phi) is 5.92. The number of thioether (sulfide) groups is 1. The van der Waals surface area contributed by atoms with Crippen LogP contribution in [0.1, 0.15) is 49.0 Å². The Hall–Kier alpha value is -2.62. The molecule has 0 fully saturated rings. The highest BCUT2D eigenvalue weighted by Gasteiger charge is 2.42. The number of furan rings is 1. The molecule has 0 radical (unpaired) electrons. The van der Waals surface area contributed by atoms with Gasteiger partial charge in [-0.25, -0.2) is 0 Å². The van der Waals surface area contributed by atoms with Gasteiger partial charge < -0.3 is 10.2 Å². The van der Waals surface area contributed by atoms with Crippen LogP contribution in [0.4, 0.5) is 5.69 Å². The molecule has 5 nitrogen and oxygen atoms in total. The molecule has 0 spiro atoms. The first-order chi connectivity index (χ1) is 14.9. The molecule has 7 heteroatoms. The van der Waals surface area contributed by atoms with Gasteiger partial charge in [0, 0.05) is 34.0 Å². The molecule has 160 valence electrons. The van der Waals surface area contributed by atoms with Crippen LogP contribution in [0, 0.1) is 25.2 Å². The smallest absolute Gasteiger partial charge is 0.164 e. The van der Waals surface area contributed by atoms with Crippen molar-refractivity contribution in [1.29, 1.82) is 5.26 Å². The Bertz CT molecular complexity index is 1170. The number of hydrogen-bond donors (Lipinski definition) is 1. The van der Waals surface area contributed by atoms with Crippen molar-refractivity contribution in [2.24, 2.45) is 5.73 Å². The number of carbonyl (C=O) groups is 1. The van der Waals surface area contributed by atoms with E-state index in [4.69, 9.17) is 21.8 Å². The van der Waals surface area contributed by atoms with Gasteiger partial charge in [-0.05, 0) is 56.2 Å². The van der Waals surface area contributed by atoms with E-state index in [1.54, 1.807) is 11.8 Å². The van der Waals surface area contributed by atoms with E-state index in [-0.39, 0.29) is 5.78 Å². The van der Waals surface area contributed by atoms with E-state index in [1.165, 1.54) is 0 Å². The van der Waals surface area contributed by atoms with Gasteiger partial charge in [0.2, 0.25) is 0 Å². The Morgan fingerprint density at radius 3 is 2.77 bits per heavy atom. The number of halogens is 1. The molecule has 1 aliphatic carbocycles. The Morgan fingerprint density at radius 1 is 1.32 bits per heavy atom. The maximum atomic E-state index is 13.2. The summed E-state index contributed by atoms with van der Waals surface area (Å²) >= 11 is 7.96. The van der Waals surface area contributed by atoms with Gasteiger partial charge in [-0.1, -0.05) is 36.4 Å². The average molecular weight is 454 g/mol. The van der Waals surface area contributed by atoms with Crippen molar-refractivity contribution in [3.63, 3.8) is 0 Å². The fraction of sp³-hybridized carbons (Fsp3) is 0.333. The van der Waals surface area contributed by atoms with E-state index >= 15 is 0 Å². The van der Waals surface area contributed by atoms with Crippen LogP contribution >= 0.6 is 23.4 Å². The topological polar surface area (TPSA) is 83.3 Å². The molecule has 1 unspecified atom stereocenters. The maximum Gasteiger partial charge on any atom is 0.164 e. The zero-order valence-electron chi connectivity index (χ0n) is 17.8. The predicted octanol–water partition coefficient (Wildman–Crippen LogP) is 5.97. The molecule has 0 saturated carbocycles. The molecule has 4 rings (SSSR count). The van der Waals surface area contributed by atoms with Crippen LogP contribution < -0.4 is 10.6 Å². The third-order valence-corrected chi connectivity index (χ3v) is 7.04. The van der Waals surface area contributed by atoms with Crippen LogP contribution in [0.3, 0.4) is 0 Å². The summed E-state index contributed by atoms with van der Waals surface area (Å²) in [5.41, 5.74) is 11.0. The van der Waals surface area contributed by atoms with Crippen LogP contribution in [0.2, 0.25) is 5.02 Å². The number of Topliss-reactive ketones (excluding diaryl/α,β-unsaturated/α-hetero) is 1. The van der Waals surface area contributed by atoms with Gasteiger partial charge in [0.15, 0.2) is 10.9 Å². The summed E-state index contributed by atoms with van der Waals surface area (Å²) in [6.07, 6.45) is 1.91. The van der Waals surface area contributed by atoms with Crippen molar-refractivity contribution in [3.8, 4) is 6.07 Å². The van der Waals surface area contributed by atoms with Crippen LogP contribution in [-0.4, -0.2) is 11.5 Å². The van der Waals surface area contributed by atoms with Crippen molar-refractivity contribution in [2.45, 2.75) is 51.0 Å². The Morgan fingerprint density at radius 2 is 2.10 bits per heavy atom. The lowest BCUT2D eigenvalue weighted by Crippen LogP contribution is -2.38. The molecule has 1 atom stereocenters. The van der Waals surface area contributed by atoms with E-state index in [1.807, 2.05) is 49.9 Å². The van der Waals surface area contributed by atoms with E-state index in [2.05, 4.69) is 6.07 Å². The van der Waals surface area contributed by atoms with Crippen LogP contribution in [0.5, 0.6) is 0 Å². The van der Waals surface area contributed by atoms with Crippen molar-refractivity contribution >= 4 is 34.8 Å². The molecule has 1 aromatic carbocycles. The van der Waals surface area contributed by atoms with Crippen molar-refractivity contribution < 1.29 is 9.21 Å². The van der Waals surface area contributed by atoms with Gasteiger partial charge in [0.25, 0.3) is 0 Å². The standard InChI is InChI=1S/C24H24ClN3O2S/c1-4-31-24-16(10-14(3)30-24)21-17(12-26)23(27)28(15-9-8-13(2)18(25)11-15)19-6-5-7-20(29)22(19)21/h8-11,21H,4-7,27H2,1-3H3. The highest BCUT2D eigenvalue weighted by atomic mass is 35.5. The van der Waals surface area contributed by atoms with Gasteiger partial charge in [0.05, 0.1) is 17.6 Å². The Balaban J connectivity index is 1.97. The number of aryl methyl sites for hydroxylation is 2. The lowest BCUT2D eigenvalue weighted by Gasteiger charge is -2.39.